The summed E-state index contributed by atoms with van der Waals surface area (Å²) >= 11 is 0. The lowest BCUT2D eigenvalue weighted by Gasteiger charge is -2.06. The van der Waals surface area contributed by atoms with Crippen molar-refractivity contribution in [3.8, 4) is 5.75 Å². The minimum atomic E-state index is -1.32. The third kappa shape index (κ3) is 6.08. The van der Waals surface area contributed by atoms with Gasteiger partial charge in [0, 0.05) is 5.69 Å². The van der Waals surface area contributed by atoms with Crippen LogP contribution >= 0.6 is 0 Å². The van der Waals surface area contributed by atoms with Crippen LogP contribution in [0.4, 0.5) is 5.69 Å². The number of aryl methyl sites for hydroxylation is 1. The number of hydrogen-bond acceptors (Lipinski definition) is 6. The third-order valence-electron chi connectivity index (χ3n) is 3.13. The topological polar surface area (TPSA) is 120 Å². The van der Waals surface area contributed by atoms with Gasteiger partial charge < -0.3 is 20.0 Å². The second kappa shape index (κ2) is 8.97. The van der Waals surface area contributed by atoms with E-state index in [0.29, 0.717) is 17.0 Å². The van der Waals surface area contributed by atoms with E-state index in [-0.39, 0.29) is 0 Å². The molecule has 0 aromatic heterocycles. The number of carboxylic acid groups (broad SMARTS) is 1. The van der Waals surface area contributed by atoms with Crippen LogP contribution in [0.3, 0.4) is 0 Å². The van der Waals surface area contributed by atoms with E-state index in [1.165, 1.54) is 18.3 Å². The number of amides is 2. The van der Waals surface area contributed by atoms with E-state index in [0.717, 1.165) is 5.56 Å². The summed E-state index contributed by atoms with van der Waals surface area (Å²) in [7, 11) is 0. The SMILES string of the molecule is Cc1ccc(NC(=O)C(=O)N/N=C\c2ccc(OCC(=O)[O-])cc2)cc1. The number of carboxylic acids is 1. The van der Waals surface area contributed by atoms with Gasteiger partial charge in [-0.1, -0.05) is 17.7 Å². The molecule has 2 rings (SSSR count). The molecule has 0 radical (unpaired) electrons. The van der Waals surface area contributed by atoms with Crippen molar-refractivity contribution in [1.82, 2.24) is 5.43 Å². The number of benzene rings is 2. The van der Waals surface area contributed by atoms with Gasteiger partial charge in [-0.15, -0.1) is 0 Å². The summed E-state index contributed by atoms with van der Waals surface area (Å²) in [6.45, 7) is 1.37. The average molecular weight is 354 g/mol. The number of hydrogen-bond donors (Lipinski definition) is 2. The molecule has 26 heavy (non-hydrogen) atoms. The van der Waals surface area contributed by atoms with Crippen molar-refractivity contribution in [3.05, 3.63) is 59.7 Å². The summed E-state index contributed by atoms with van der Waals surface area (Å²) in [6, 6.07) is 13.3. The average Bonchev–Trinajstić information content (AvgIpc) is 2.62. The number of aliphatic carboxylic acids is 1. The van der Waals surface area contributed by atoms with Crippen molar-refractivity contribution >= 4 is 29.7 Å². The molecule has 134 valence electrons. The molecule has 8 heteroatoms. The Morgan fingerprint density at radius 1 is 1.04 bits per heavy atom. The molecule has 2 N–H and O–H groups in total. The summed E-state index contributed by atoms with van der Waals surface area (Å²) in [4.78, 5) is 33.7. The van der Waals surface area contributed by atoms with Crippen molar-refractivity contribution < 1.29 is 24.2 Å². The molecule has 0 heterocycles. The number of ether oxygens (including phenoxy) is 1. The number of carbonyl (C=O) groups excluding carboxylic acids is 3. The first-order chi connectivity index (χ1) is 12.4. The van der Waals surface area contributed by atoms with Crippen molar-refractivity contribution in [2.24, 2.45) is 5.10 Å². The molecule has 2 aromatic rings. The molecular weight excluding hydrogens is 338 g/mol. The molecule has 2 amide bonds. The minimum Gasteiger partial charge on any atom is -0.546 e. The molecule has 0 atom stereocenters. The van der Waals surface area contributed by atoms with E-state index in [1.54, 1.807) is 24.3 Å². The molecule has 0 spiro atoms. The van der Waals surface area contributed by atoms with E-state index in [9.17, 15) is 19.5 Å². The number of nitrogens with one attached hydrogen (secondary N) is 2. The first kappa shape index (κ1) is 18.7. The molecule has 8 nitrogen and oxygen atoms in total. The Labute approximate surface area is 149 Å². The monoisotopic (exact) mass is 354 g/mol. The lowest BCUT2D eigenvalue weighted by Crippen LogP contribution is -2.32. The van der Waals surface area contributed by atoms with Crippen LogP contribution in [0.25, 0.3) is 0 Å². The Balaban J connectivity index is 1.83. The molecule has 0 fully saturated rings. The van der Waals surface area contributed by atoms with Crippen molar-refractivity contribution in [1.29, 1.82) is 0 Å². The Morgan fingerprint density at radius 2 is 1.69 bits per heavy atom. The van der Waals surface area contributed by atoms with Crippen molar-refractivity contribution in [3.63, 3.8) is 0 Å². The quantitative estimate of drug-likeness (QED) is 0.437. The van der Waals surface area contributed by atoms with E-state index >= 15 is 0 Å². The number of anilines is 1. The fraction of sp³-hybridized carbons (Fsp3) is 0.111. The van der Waals surface area contributed by atoms with Crippen LogP contribution in [-0.4, -0.2) is 30.6 Å². The van der Waals surface area contributed by atoms with Gasteiger partial charge in [-0.3, -0.25) is 9.59 Å². The summed E-state index contributed by atoms with van der Waals surface area (Å²) < 4.78 is 4.93. The van der Waals surface area contributed by atoms with E-state index in [1.807, 2.05) is 19.1 Å². The molecular formula is C18H16N3O5-. The molecule has 0 aliphatic heterocycles. The maximum Gasteiger partial charge on any atom is 0.329 e. The maximum atomic E-state index is 11.7. The van der Waals surface area contributed by atoms with Gasteiger partial charge >= 0.3 is 11.8 Å². The zero-order valence-corrected chi connectivity index (χ0v) is 13.9. The van der Waals surface area contributed by atoms with Gasteiger partial charge in [0.15, 0.2) is 0 Å². The second-order valence-electron chi connectivity index (χ2n) is 5.25. The fourth-order valence-corrected chi connectivity index (χ4v) is 1.83. The number of rotatable bonds is 6. The van der Waals surface area contributed by atoms with Gasteiger partial charge in [0.25, 0.3) is 0 Å². The first-order valence-electron chi connectivity index (χ1n) is 7.58. The summed E-state index contributed by atoms with van der Waals surface area (Å²) in [5.74, 6) is -2.71. The van der Waals surface area contributed by atoms with Crippen LogP contribution in [0.15, 0.2) is 53.6 Å². The van der Waals surface area contributed by atoms with Crippen LogP contribution in [0.1, 0.15) is 11.1 Å². The van der Waals surface area contributed by atoms with E-state index in [4.69, 9.17) is 4.74 Å². The summed E-state index contributed by atoms with van der Waals surface area (Å²) in [5.41, 5.74) is 4.28. The normalized spacial score (nSPS) is 10.3. The highest BCUT2D eigenvalue weighted by Gasteiger charge is 2.12. The van der Waals surface area contributed by atoms with Gasteiger partial charge in [-0.05, 0) is 48.9 Å². The smallest absolute Gasteiger partial charge is 0.329 e. The Kier molecular flexibility index (Phi) is 6.44. The number of hydrazone groups is 1. The second-order valence-corrected chi connectivity index (χ2v) is 5.25. The van der Waals surface area contributed by atoms with Crippen LogP contribution in [0.5, 0.6) is 5.75 Å². The molecule has 0 unspecified atom stereocenters. The molecule has 0 saturated carbocycles. The Morgan fingerprint density at radius 3 is 2.31 bits per heavy atom. The summed E-state index contributed by atoms with van der Waals surface area (Å²) in [6.07, 6.45) is 1.33. The predicted molar refractivity (Wildman–Crippen MR) is 92.5 cm³/mol. The van der Waals surface area contributed by atoms with E-state index < -0.39 is 24.4 Å². The van der Waals surface area contributed by atoms with Crippen LogP contribution in [0.2, 0.25) is 0 Å². The maximum absolute atomic E-state index is 11.7. The molecule has 0 aliphatic rings. The van der Waals surface area contributed by atoms with Crippen LogP contribution in [-0.2, 0) is 14.4 Å². The highest BCUT2D eigenvalue weighted by atomic mass is 16.5. The van der Waals surface area contributed by atoms with Gasteiger partial charge in [-0.2, -0.15) is 5.10 Å². The Hall–Kier alpha value is -3.68. The first-order valence-corrected chi connectivity index (χ1v) is 7.58. The van der Waals surface area contributed by atoms with Crippen molar-refractivity contribution in [2.45, 2.75) is 6.92 Å². The zero-order valence-electron chi connectivity index (χ0n) is 13.9. The molecule has 0 bridgehead atoms. The lowest BCUT2D eigenvalue weighted by atomic mass is 10.2. The van der Waals surface area contributed by atoms with Gasteiger partial charge in [-0.25, -0.2) is 5.43 Å². The van der Waals surface area contributed by atoms with Crippen molar-refractivity contribution in [2.75, 3.05) is 11.9 Å². The van der Waals surface area contributed by atoms with Crippen LogP contribution in [0, 0.1) is 6.92 Å². The highest BCUT2D eigenvalue weighted by Crippen LogP contribution is 2.11. The van der Waals surface area contributed by atoms with Gasteiger partial charge in [0.2, 0.25) is 0 Å². The van der Waals surface area contributed by atoms with Crippen LogP contribution < -0.4 is 20.6 Å². The Bertz CT molecular complexity index is 814. The highest BCUT2D eigenvalue weighted by molar-refractivity contribution is 6.39. The summed E-state index contributed by atoms with van der Waals surface area (Å²) in [5, 5.41) is 16.4. The number of nitrogens with zero attached hydrogens (tertiary/aromatic N) is 1. The largest absolute Gasteiger partial charge is 0.546 e. The molecule has 2 aromatic carbocycles. The van der Waals surface area contributed by atoms with Gasteiger partial charge in [0.05, 0.1) is 12.2 Å². The minimum absolute atomic E-state index is 0.355. The third-order valence-corrected chi connectivity index (χ3v) is 3.13. The van der Waals surface area contributed by atoms with E-state index in [2.05, 4.69) is 15.8 Å². The standard InChI is InChI=1S/C18H17N3O5/c1-12-2-6-14(7-3-12)20-17(24)18(25)21-19-10-13-4-8-15(9-5-13)26-11-16(22)23/h2-10H,11H2,1H3,(H,20,24)(H,21,25)(H,22,23)/p-1/b19-10-. The number of carbonyl (C=O) groups is 3. The predicted octanol–water partition coefficient (Wildman–Crippen LogP) is 0.213. The fourth-order valence-electron chi connectivity index (χ4n) is 1.83. The molecule has 0 saturated heterocycles. The molecule has 0 aliphatic carbocycles. The lowest BCUT2D eigenvalue weighted by molar-refractivity contribution is -0.307. The van der Waals surface area contributed by atoms with Gasteiger partial charge in [0.1, 0.15) is 12.4 Å². The zero-order chi connectivity index (χ0) is 18.9.